The van der Waals surface area contributed by atoms with E-state index in [4.69, 9.17) is 23.2 Å². The topological polar surface area (TPSA) is 41.1 Å². The summed E-state index contributed by atoms with van der Waals surface area (Å²) >= 11 is 20.6. The molecule has 0 aliphatic heterocycles. The maximum Gasteiger partial charge on any atom is 1.00 e. The van der Waals surface area contributed by atoms with Crippen LogP contribution in [0.15, 0.2) is 18.2 Å². The molecule has 8 heteroatoms. The molecule has 1 aromatic rings. The van der Waals surface area contributed by atoms with Crippen molar-refractivity contribution in [1.82, 2.24) is 10.9 Å². The number of thiocarbonyl (C=S) groups is 1. The Balaban J connectivity index is 0.00000225. The molecule has 0 aliphatic carbocycles. The number of hydrogen-bond donors (Lipinski definition) is 2. The fourth-order valence-electron chi connectivity index (χ4n) is 0.849. The monoisotopic (exact) mass is 318 g/mol. The fraction of sp³-hybridized carbons (Fsp3) is 0. The Hall–Kier alpha value is 1.02. The molecule has 2 N–H and O–H groups in total. The molecule has 16 heavy (non-hydrogen) atoms. The number of rotatable bonds is 1. The van der Waals surface area contributed by atoms with Gasteiger partial charge in [0.25, 0.3) is 5.91 Å². The van der Waals surface area contributed by atoms with Gasteiger partial charge in [-0.25, -0.2) is 0 Å². The van der Waals surface area contributed by atoms with E-state index in [0.717, 1.165) is 0 Å². The van der Waals surface area contributed by atoms with Gasteiger partial charge in [0.2, 0.25) is 0 Å². The van der Waals surface area contributed by atoms with Gasteiger partial charge in [-0.15, -0.1) is 0 Å². The van der Waals surface area contributed by atoms with Crippen molar-refractivity contribution in [3.05, 3.63) is 33.8 Å². The molecule has 80 valence electrons. The quantitative estimate of drug-likeness (QED) is 0.304. The Morgan fingerprint density at radius 3 is 2.44 bits per heavy atom. The molecule has 0 spiro atoms. The summed E-state index contributed by atoms with van der Waals surface area (Å²) in [6.45, 7) is 0. The van der Waals surface area contributed by atoms with Crippen LogP contribution in [0.4, 0.5) is 0 Å². The number of hydrogen-bond acceptors (Lipinski definition) is 3. The summed E-state index contributed by atoms with van der Waals surface area (Å²) in [6.07, 6.45) is 0. The van der Waals surface area contributed by atoms with Crippen LogP contribution in [0.5, 0.6) is 0 Å². The standard InChI is InChI=1S/C8H6Cl2N2OS2.K/c9-4-1-2-5(6(10)3-4)7(13)11-12-8(14)15;/h1-3H,(H,11,13)(H2,12,14,15);/q;+1/p-1. The van der Waals surface area contributed by atoms with Crippen molar-refractivity contribution in [2.24, 2.45) is 0 Å². The van der Waals surface area contributed by atoms with Crippen molar-refractivity contribution in [1.29, 1.82) is 0 Å². The zero-order chi connectivity index (χ0) is 11.4. The van der Waals surface area contributed by atoms with Crippen LogP contribution < -0.4 is 62.2 Å². The van der Waals surface area contributed by atoms with Crippen molar-refractivity contribution in [3.63, 3.8) is 0 Å². The maximum atomic E-state index is 11.5. The predicted molar refractivity (Wildman–Crippen MR) is 67.0 cm³/mol. The second-order valence-corrected chi connectivity index (χ2v) is 4.41. The second-order valence-electron chi connectivity index (χ2n) is 2.49. The maximum absolute atomic E-state index is 11.5. The number of hydrazine groups is 1. The fourth-order valence-corrected chi connectivity index (χ4v) is 1.45. The molecule has 1 amide bonds. The van der Waals surface area contributed by atoms with Gasteiger partial charge in [0.1, 0.15) is 0 Å². The number of amides is 1. The third-order valence-electron chi connectivity index (χ3n) is 1.45. The number of benzene rings is 1. The van der Waals surface area contributed by atoms with E-state index in [2.05, 4.69) is 35.7 Å². The van der Waals surface area contributed by atoms with E-state index < -0.39 is 5.91 Å². The zero-order valence-electron chi connectivity index (χ0n) is 8.21. The van der Waals surface area contributed by atoms with E-state index in [1.165, 1.54) is 12.1 Å². The number of nitrogens with one attached hydrogen (secondary N) is 2. The molecule has 0 saturated heterocycles. The van der Waals surface area contributed by atoms with Gasteiger partial charge in [-0.05, 0) is 22.5 Å². The molecule has 3 nitrogen and oxygen atoms in total. The molecular weight excluding hydrogens is 314 g/mol. The minimum Gasteiger partial charge on any atom is -0.410 e. The van der Waals surface area contributed by atoms with E-state index in [1.54, 1.807) is 6.07 Å². The molecule has 0 fully saturated rings. The van der Waals surface area contributed by atoms with Crippen LogP contribution >= 0.6 is 35.4 Å². The summed E-state index contributed by atoms with van der Waals surface area (Å²) in [7, 11) is 0. The van der Waals surface area contributed by atoms with Crippen LogP contribution in [0.1, 0.15) is 10.4 Å². The molecule has 1 rings (SSSR count). The summed E-state index contributed by atoms with van der Waals surface area (Å²) in [5, 5.41) is 0.723. The predicted octanol–water partition coefficient (Wildman–Crippen LogP) is -0.936. The van der Waals surface area contributed by atoms with Gasteiger partial charge in [-0.2, -0.15) is 0 Å². The Kier molecular flexibility index (Phi) is 8.70. The largest absolute Gasteiger partial charge is 1.00 e. The van der Waals surface area contributed by atoms with Crippen LogP contribution in [-0.4, -0.2) is 10.2 Å². The molecule has 0 heterocycles. The van der Waals surface area contributed by atoms with Gasteiger partial charge in [0.15, 0.2) is 0 Å². The summed E-state index contributed by atoms with van der Waals surface area (Å²) in [5.41, 5.74) is 4.93. The smallest absolute Gasteiger partial charge is 0.410 e. The molecule has 0 atom stereocenters. The van der Waals surface area contributed by atoms with Crippen molar-refractivity contribution in [2.45, 2.75) is 0 Å². The summed E-state index contributed by atoms with van der Waals surface area (Å²) in [5.74, 6) is -0.427. The van der Waals surface area contributed by atoms with Crippen LogP contribution in [0, 0.1) is 0 Å². The van der Waals surface area contributed by atoms with Crippen LogP contribution in [-0.2, 0) is 12.6 Å². The molecule has 0 aromatic heterocycles. The summed E-state index contributed by atoms with van der Waals surface area (Å²) in [6, 6.07) is 4.55. The molecule has 0 unspecified atom stereocenters. The van der Waals surface area contributed by atoms with Crippen molar-refractivity contribution < 1.29 is 56.2 Å². The average Bonchev–Trinajstić information content (AvgIpc) is 2.14. The van der Waals surface area contributed by atoms with Gasteiger partial charge in [0, 0.05) is 5.02 Å². The number of halogens is 2. The van der Waals surface area contributed by atoms with E-state index in [1.807, 2.05) is 0 Å². The van der Waals surface area contributed by atoms with Crippen molar-refractivity contribution in [2.75, 3.05) is 0 Å². The summed E-state index contributed by atoms with van der Waals surface area (Å²) in [4.78, 5) is 11.5. The molecule has 0 saturated carbocycles. The van der Waals surface area contributed by atoms with E-state index in [9.17, 15) is 4.79 Å². The first kappa shape index (κ1) is 17.0. The molecule has 0 radical (unpaired) electrons. The zero-order valence-corrected chi connectivity index (χ0v) is 14.5. The first-order valence-electron chi connectivity index (χ1n) is 3.73. The van der Waals surface area contributed by atoms with Gasteiger partial charge in [-0.1, -0.05) is 23.2 Å². The molecule has 0 bridgehead atoms. The second kappa shape index (κ2) is 8.18. The normalized spacial score (nSPS) is 8.88. The first-order valence-corrected chi connectivity index (χ1v) is 5.30. The number of carbonyl (C=O) groups is 1. The summed E-state index contributed by atoms with van der Waals surface area (Å²) < 4.78 is 0.0495. The van der Waals surface area contributed by atoms with Gasteiger partial charge in [-0.3, -0.25) is 10.2 Å². The molecular formula is C8H5Cl2KN2OS2. The van der Waals surface area contributed by atoms with Gasteiger partial charge in [0.05, 0.1) is 10.6 Å². The average molecular weight is 319 g/mol. The molecule has 0 aliphatic rings. The van der Waals surface area contributed by atoms with Crippen molar-refractivity contribution in [3.8, 4) is 0 Å². The van der Waals surface area contributed by atoms with Gasteiger partial charge < -0.3 is 30.3 Å². The van der Waals surface area contributed by atoms with E-state index in [0.29, 0.717) is 10.6 Å². The van der Waals surface area contributed by atoms with E-state index in [-0.39, 0.29) is 60.7 Å². The molecule has 1 aromatic carbocycles. The SMILES string of the molecule is O=C(NNC(=S)[S-])c1ccc(Cl)cc1Cl.[K+]. The minimum atomic E-state index is -0.427. The Morgan fingerprint density at radius 2 is 1.94 bits per heavy atom. The Labute approximate surface area is 156 Å². The van der Waals surface area contributed by atoms with Crippen LogP contribution in [0.25, 0.3) is 0 Å². The van der Waals surface area contributed by atoms with Crippen LogP contribution in [0.3, 0.4) is 0 Å². The van der Waals surface area contributed by atoms with Crippen LogP contribution in [0.2, 0.25) is 10.0 Å². The number of carbonyl (C=O) groups excluding carboxylic acids is 1. The third-order valence-corrected chi connectivity index (χ3v) is 2.21. The third kappa shape index (κ3) is 5.57. The van der Waals surface area contributed by atoms with E-state index >= 15 is 0 Å². The van der Waals surface area contributed by atoms with Gasteiger partial charge >= 0.3 is 51.4 Å². The Bertz CT molecular complexity index is 417. The Morgan fingerprint density at radius 1 is 1.31 bits per heavy atom. The van der Waals surface area contributed by atoms with Crippen molar-refractivity contribution >= 4 is 58.3 Å². The first-order chi connectivity index (χ1) is 7.00. The minimum absolute atomic E-state index is 0.